The van der Waals surface area contributed by atoms with Crippen LogP contribution in [-0.2, 0) is 0 Å². The normalized spacial score (nSPS) is 11.7. The molecule has 0 radical (unpaired) electrons. The van der Waals surface area contributed by atoms with Gasteiger partial charge in [0.05, 0.1) is 24.1 Å². The Hall–Kier alpha value is -2.50. The summed E-state index contributed by atoms with van der Waals surface area (Å²) in [6, 6.07) is 5.39. The fourth-order valence-electron chi connectivity index (χ4n) is 1.57. The Morgan fingerprint density at radius 1 is 1.32 bits per heavy atom. The standard InChI is InChI=1S/C13H15N5O/c1-9(10-5-3-4-6-16-10)17-13(19)11-7-15-8-12(14-2)18-11/h3-9H,1-2H3,(H,14,18)(H,17,19). The first-order chi connectivity index (χ1) is 9.20. The van der Waals surface area contributed by atoms with Crippen LogP contribution in [0.15, 0.2) is 36.8 Å². The third-order valence-corrected chi connectivity index (χ3v) is 2.60. The van der Waals surface area contributed by atoms with Crippen molar-refractivity contribution in [3.05, 3.63) is 48.2 Å². The van der Waals surface area contributed by atoms with Crippen LogP contribution in [-0.4, -0.2) is 27.9 Å². The topological polar surface area (TPSA) is 79.8 Å². The number of pyridine rings is 1. The van der Waals surface area contributed by atoms with Gasteiger partial charge in [0.15, 0.2) is 0 Å². The first kappa shape index (κ1) is 12.9. The van der Waals surface area contributed by atoms with Gasteiger partial charge in [-0.3, -0.25) is 14.8 Å². The minimum absolute atomic E-state index is 0.186. The molecule has 19 heavy (non-hydrogen) atoms. The highest BCUT2D eigenvalue weighted by molar-refractivity contribution is 5.92. The van der Waals surface area contributed by atoms with Crippen molar-refractivity contribution in [1.29, 1.82) is 0 Å². The minimum atomic E-state index is -0.275. The zero-order valence-electron chi connectivity index (χ0n) is 10.8. The van der Waals surface area contributed by atoms with E-state index in [2.05, 4.69) is 25.6 Å². The monoisotopic (exact) mass is 257 g/mol. The van der Waals surface area contributed by atoms with Crippen LogP contribution in [0, 0.1) is 0 Å². The molecule has 6 heteroatoms. The van der Waals surface area contributed by atoms with Gasteiger partial charge >= 0.3 is 0 Å². The van der Waals surface area contributed by atoms with E-state index in [9.17, 15) is 4.79 Å². The van der Waals surface area contributed by atoms with Crippen LogP contribution in [0.5, 0.6) is 0 Å². The lowest BCUT2D eigenvalue weighted by Gasteiger charge is -2.12. The zero-order chi connectivity index (χ0) is 13.7. The highest BCUT2D eigenvalue weighted by atomic mass is 16.1. The summed E-state index contributed by atoms with van der Waals surface area (Å²) in [4.78, 5) is 24.3. The van der Waals surface area contributed by atoms with Crippen LogP contribution in [0.4, 0.5) is 5.82 Å². The highest BCUT2D eigenvalue weighted by Crippen LogP contribution is 2.09. The third-order valence-electron chi connectivity index (χ3n) is 2.60. The van der Waals surface area contributed by atoms with Crippen molar-refractivity contribution >= 4 is 11.7 Å². The van der Waals surface area contributed by atoms with Crippen LogP contribution < -0.4 is 10.6 Å². The average molecular weight is 257 g/mol. The summed E-state index contributed by atoms with van der Waals surface area (Å²) in [7, 11) is 1.72. The molecule has 2 aromatic heterocycles. The molecule has 0 fully saturated rings. The van der Waals surface area contributed by atoms with Gasteiger partial charge in [-0.2, -0.15) is 0 Å². The Bertz CT molecular complexity index is 558. The molecule has 0 aliphatic rings. The third kappa shape index (κ3) is 3.25. The van der Waals surface area contributed by atoms with Crippen molar-refractivity contribution in [2.45, 2.75) is 13.0 Å². The molecule has 98 valence electrons. The molecule has 0 saturated carbocycles. The van der Waals surface area contributed by atoms with Gasteiger partial charge in [0.2, 0.25) is 0 Å². The maximum Gasteiger partial charge on any atom is 0.272 e. The Labute approximate surface area is 111 Å². The molecule has 2 rings (SSSR count). The lowest BCUT2D eigenvalue weighted by molar-refractivity contribution is 0.0934. The van der Waals surface area contributed by atoms with E-state index in [1.165, 1.54) is 6.20 Å². The van der Waals surface area contributed by atoms with Crippen molar-refractivity contribution in [1.82, 2.24) is 20.3 Å². The molecule has 2 aromatic rings. The van der Waals surface area contributed by atoms with Crippen LogP contribution in [0.25, 0.3) is 0 Å². The molecule has 0 aliphatic heterocycles. The smallest absolute Gasteiger partial charge is 0.272 e. The second-order valence-electron chi connectivity index (χ2n) is 3.99. The number of rotatable bonds is 4. The van der Waals surface area contributed by atoms with E-state index in [4.69, 9.17) is 0 Å². The van der Waals surface area contributed by atoms with Gasteiger partial charge in [-0.25, -0.2) is 4.98 Å². The molecule has 1 amide bonds. The predicted molar refractivity (Wildman–Crippen MR) is 71.7 cm³/mol. The van der Waals surface area contributed by atoms with Gasteiger partial charge in [-0.05, 0) is 19.1 Å². The van der Waals surface area contributed by atoms with Gasteiger partial charge in [-0.15, -0.1) is 0 Å². The Balaban J connectivity index is 2.08. The lowest BCUT2D eigenvalue weighted by atomic mass is 10.2. The first-order valence-electron chi connectivity index (χ1n) is 5.92. The number of nitrogens with zero attached hydrogens (tertiary/aromatic N) is 3. The predicted octanol–water partition coefficient (Wildman–Crippen LogP) is 1.40. The number of amides is 1. The van der Waals surface area contributed by atoms with Crippen molar-refractivity contribution in [3.8, 4) is 0 Å². The number of carbonyl (C=O) groups excluding carboxylic acids is 1. The van der Waals surface area contributed by atoms with E-state index in [-0.39, 0.29) is 17.6 Å². The van der Waals surface area contributed by atoms with Crippen LogP contribution in [0.3, 0.4) is 0 Å². The summed E-state index contributed by atoms with van der Waals surface area (Å²) in [6.07, 6.45) is 4.68. The number of hydrogen-bond donors (Lipinski definition) is 2. The number of nitrogens with one attached hydrogen (secondary N) is 2. The molecule has 2 N–H and O–H groups in total. The average Bonchev–Trinajstić information content (AvgIpc) is 2.48. The SMILES string of the molecule is CNc1cncc(C(=O)NC(C)c2ccccn2)n1. The van der Waals surface area contributed by atoms with Crippen LogP contribution in [0.1, 0.15) is 29.1 Å². The Kier molecular flexibility index (Phi) is 4.02. The number of hydrogen-bond acceptors (Lipinski definition) is 5. The molecule has 0 bridgehead atoms. The molecule has 1 atom stereocenters. The Morgan fingerprint density at radius 2 is 2.16 bits per heavy atom. The number of carbonyl (C=O) groups is 1. The summed E-state index contributed by atoms with van der Waals surface area (Å²) in [5, 5.41) is 5.67. The van der Waals surface area contributed by atoms with E-state index in [0.29, 0.717) is 5.82 Å². The highest BCUT2D eigenvalue weighted by Gasteiger charge is 2.13. The van der Waals surface area contributed by atoms with Gasteiger partial charge in [0.1, 0.15) is 11.5 Å². The van der Waals surface area contributed by atoms with Gasteiger partial charge < -0.3 is 10.6 Å². The van der Waals surface area contributed by atoms with Crippen LogP contribution in [0.2, 0.25) is 0 Å². The first-order valence-corrected chi connectivity index (χ1v) is 5.92. The number of aromatic nitrogens is 3. The van der Waals surface area contributed by atoms with E-state index in [1.54, 1.807) is 19.4 Å². The molecule has 0 saturated heterocycles. The molecule has 0 spiro atoms. The molecule has 2 heterocycles. The summed E-state index contributed by atoms with van der Waals surface area (Å²) < 4.78 is 0. The van der Waals surface area contributed by atoms with E-state index in [0.717, 1.165) is 5.69 Å². The Morgan fingerprint density at radius 3 is 2.84 bits per heavy atom. The maximum atomic E-state index is 12.0. The quantitative estimate of drug-likeness (QED) is 0.865. The second kappa shape index (κ2) is 5.90. The van der Waals surface area contributed by atoms with E-state index >= 15 is 0 Å². The summed E-state index contributed by atoms with van der Waals surface area (Å²) in [6.45, 7) is 1.87. The molecule has 1 unspecified atom stereocenters. The maximum absolute atomic E-state index is 12.0. The van der Waals surface area contributed by atoms with E-state index < -0.39 is 0 Å². The van der Waals surface area contributed by atoms with Crippen molar-refractivity contribution in [2.24, 2.45) is 0 Å². The van der Waals surface area contributed by atoms with E-state index in [1.807, 2.05) is 25.1 Å². The number of anilines is 1. The van der Waals surface area contributed by atoms with Gasteiger partial charge in [-0.1, -0.05) is 6.07 Å². The second-order valence-corrected chi connectivity index (χ2v) is 3.99. The lowest BCUT2D eigenvalue weighted by Crippen LogP contribution is -2.28. The van der Waals surface area contributed by atoms with Crippen molar-refractivity contribution < 1.29 is 4.79 Å². The van der Waals surface area contributed by atoms with Gasteiger partial charge in [0.25, 0.3) is 5.91 Å². The molecular formula is C13H15N5O. The largest absolute Gasteiger partial charge is 0.372 e. The minimum Gasteiger partial charge on any atom is -0.372 e. The van der Waals surface area contributed by atoms with Crippen LogP contribution >= 0.6 is 0 Å². The molecular weight excluding hydrogens is 242 g/mol. The summed E-state index contributed by atoms with van der Waals surface area (Å²) in [5.41, 5.74) is 1.07. The molecule has 6 nitrogen and oxygen atoms in total. The van der Waals surface area contributed by atoms with Crippen molar-refractivity contribution in [3.63, 3.8) is 0 Å². The summed E-state index contributed by atoms with van der Waals surface area (Å²) >= 11 is 0. The van der Waals surface area contributed by atoms with Gasteiger partial charge in [0, 0.05) is 13.2 Å². The molecule has 0 aromatic carbocycles. The fraction of sp³-hybridized carbons (Fsp3) is 0.231. The van der Waals surface area contributed by atoms with Crippen molar-refractivity contribution in [2.75, 3.05) is 12.4 Å². The molecule has 0 aliphatic carbocycles. The fourth-order valence-corrected chi connectivity index (χ4v) is 1.57. The zero-order valence-corrected chi connectivity index (χ0v) is 10.8. The summed E-state index contributed by atoms with van der Waals surface area (Å²) in [5.74, 6) is 0.279.